The fourth-order valence-corrected chi connectivity index (χ4v) is 1.17. The quantitative estimate of drug-likeness (QED) is 0.771. The van der Waals surface area contributed by atoms with E-state index in [1.54, 1.807) is 6.20 Å². The Morgan fingerprint density at radius 3 is 3.00 bits per heavy atom. The van der Waals surface area contributed by atoms with Crippen molar-refractivity contribution in [1.29, 1.82) is 0 Å². The Labute approximate surface area is 79.9 Å². The zero-order valence-electron chi connectivity index (χ0n) is 6.66. The van der Waals surface area contributed by atoms with Gasteiger partial charge in [0.1, 0.15) is 5.82 Å². The van der Waals surface area contributed by atoms with Crippen LogP contribution < -0.4 is 5.32 Å². The van der Waals surface area contributed by atoms with Crippen molar-refractivity contribution in [2.24, 2.45) is 0 Å². The Balaban J connectivity index is 2.19. The van der Waals surface area contributed by atoms with Crippen LogP contribution >= 0.6 is 11.6 Å². The maximum absolute atomic E-state index is 5.80. The highest BCUT2D eigenvalue weighted by Crippen LogP contribution is 2.17. The summed E-state index contributed by atoms with van der Waals surface area (Å²) in [4.78, 5) is 0. The van der Waals surface area contributed by atoms with Crippen LogP contribution in [0.25, 0.3) is 0 Å². The first-order chi connectivity index (χ1) is 6.34. The van der Waals surface area contributed by atoms with Crippen LogP contribution in [0, 0.1) is 0 Å². The average molecular weight is 195 g/mol. The summed E-state index contributed by atoms with van der Waals surface area (Å²) in [6.45, 7) is 0. The number of aromatic nitrogens is 3. The van der Waals surface area contributed by atoms with E-state index >= 15 is 0 Å². The molecule has 0 atom stereocenters. The van der Waals surface area contributed by atoms with Gasteiger partial charge in [0.25, 0.3) is 0 Å². The minimum Gasteiger partial charge on any atom is -0.339 e. The van der Waals surface area contributed by atoms with Crippen molar-refractivity contribution >= 4 is 23.1 Å². The van der Waals surface area contributed by atoms with Gasteiger partial charge in [0.2, 0.25) is 0 Å². The Morgan fingerprint density at radius 2 is 2.31 bits per heavy atom. The van der Waals surface area contributed by atoms with Crippen LogP contribution in [0.5, 0.6) is 0 Å². The molecule has 13 heavy (non-hydrogen) atoms. The van der Waals surface area contributed by atoms with Crippen molar-refractivity contribution < 1.29 is 0 Å². The van der Waals surface area contributed by atoms with Crippen molar-refractivity contribution in [2.45, 2.75) is 0 Å². The molecule has 1 heterocycles. The van der Waals surface area contributed by atoms with Crippen molar-refractivity contribution in [2.75, 3.05) is 5.32 Å². The van der Waals surface area contributed by atoms with Crippen LogP contribution in [-0.4, -0.2) is 15.4 Å². The molecule has 0 saturated heterocycles. The Morgan fingerprint density at radius 1 is 1.38 bits per heavy atom. The van der Waals surface area contributed by atoms with Gasteiger partial charge in [0.05, 0.1) is 6.20 Å². The zero-order chi connectivity index (χ0) is 9.10. The van der Waals surface area contributed by atoms with Gasteiger partial charge in [0.15, 0.2) is 0 Å². The van der Waals surface area contributed by atoms with E-state index in [0.29, 0.717) is 5.02 Å². The lowest BCUT2D eigenvalue weighted by Crippen LogP contribution is -1.89. The topological polar surface area (TPSA) is 53.6 Å². The summed E-state index contributed by atoms with van der Waals surface area (Å²) in [5, 5.41) is 13.7. The molecule has 2 rings (SSSR count). The van der Waals surface area contributed by atoms with Crippen LogP contribution in [0.1, 0.15) is 0 Å². The van der Waals surface area contributed by atoms with E-state index in [0.717, 1.165) is 11.5 Å². The third kappa shape index (κ3) is 1.97. The molecule has 4 nitrogen and oxygen atoms in total. The molecule has 0 radical (unpaired) electrons. The SMILES string of the molecule is Clc1cccc(Nc2cnn[nH]2)c1. The third-order valence-electron chi connectivity index (χ3n) is 1.52. The van der Waals surface area contributed by atoms with Crippen molar-refractivity contribution in [3.8, 4) is 0 Å². The Hall–Kier alpha value is -1.55. The Kier molecular flexibility index (Phi) is 2.14. The molecule has 2 N–H and O–H groups in total. The number of H-pyrrole nitrogens is 1. The predicted molar refractivity (Wildman–Crippen MR) is 51.1 cm³/mol. The van der Waals surface area contributed by atoms with Gasteiger partial charge in [-0.1, -0.05) is 22.9 Å². The largest absolute Gasteiger partial charge is 0.339 e. The summed E-state index contributed by atoms with van der Waals surface area (Å²) < 4.78 is 0. The van der Waals surface area contributed by atoms with Crippen LogP contribution in [0.2, 0.25) is 5.02 Å². The predicted octanol–water partition coefficient (Wildman–Crippen LogP) is 2.20. The minimum absolute atomic E-state index is 0.692. The van der Waals surface area contributed by atoms with Gasteiger partial charge in [-0.2, -0.15) is 0 Å². The van der Waals surface area contributed by atoms with E-state index in [1.807, 2.05) is 24.3 Å². The first-order valence-electron chi connectivity index (χ1n) is 3.73. The zero-order valence-corrected chi connectivity index (χ0v) is 7.42. The van der Waals surface area contributed by atoms with Gasteiger partial charge in [-0.05, 0) is 18.2 Å². The lowest BCUT2D eigenvalue weighted by Gasteiger charge is -2.01. The molecule has 2 aromatic rings. The lowest BCUT2D eigenvalue weighted by atomic mass is 10.3. The molecular formula is C8H7ClN4. The molecule has 0 fully saturated rings. The molecule has 0 amide bonds. The van der Waals surface area contributed by atoms with Crippen molar-refractivity contribution in [3.05, 3.63) is 35.5 Å². The average Bonchev–Trinajstić information content (AvgIpc) is 2.57. The van der Waals surface area contributed by atoms with Gasteiger partial charge >= 0.3 is 0 Å². The van der Waals surface area contributed by atoms with E-state index in [2.05, 4.69) is 20.7 Å². The molecule has 1 aromatic carbocycles. The first kappa shape index (κ1) is 8.07. The molecule has 0 bridgehead atoms. The standard InChI is InChI=1S/C8H7ClN4/c9-6-2-1-3-7(4-6)11-8-5-10-13-12-8/h1-5H,(H2,10,11,12,13). The van der Waals surface area contributed by atoms with Crippen molar-refractivity contribution in [3.63, 3.8) is 0 Å². The molecule has 5 heteroatoms. The fraction of sp³-hybridized carbons (Fsp3) is 0. The number of nitrogens with zero attached hydrogens (tertiary/aromatic N) is 2. The molecule has 66 valence electrons. The number of rotatable bonds is 2. The minimum atomic E-state index is 0.692. The number of hydrogen-bond donors (Lipinski definition) is 2. The van der Waals surface area contributed by atoms with Crippen molar-refractivity contribution in [1.82, 2.24) is 15.4 Å². The summed E-state index contributed by atoms with van der Waals surface area (Å²) in [6.07, 6.45) is 1.60. The van der Waals surface area contributed by atoms with Crippen LogP contribution in [0.15, 0.2) is 30.5 Å². The normalized spacial score (nSPS) is 9.92. The number of aromatic amines is 1. The molecule has 0 spiro atoms. The number of benzene rings is 1. The molecular weight excluding hydrogens is 188 g/mol. The maximum atomic E-state index is 5.80. The molecule has 0 aliphatic heterocycles. The molecule has 1 aromatic heterocycles. The van der Waals surface area contributed by atoms with E-state index in [-0.39, 0.29) is 0 Å². The van der Waals surface area contributed by atoms with Gasteiger partial charge in [-0.3, -0.25) is 0 Å². The summed E-state index contributed by atoms with van der Waals surface area (Å²) >= 11 is 5.80. The van der Waals surface area contributed by atoms with E-state index < -0.39 is 0 Å². The molecule has 0 aliphatic rings. The van der Waals surface area contributed by atoms with Gasteiger partial charge < -0.3 is 5.32 Å². The van der Waals surface area contributed by atoms with E-state index in [9.17, 15) is 0 Å². The number of nitrogens with one attached hydrogen (secondary N) is 2. The van der Waals surface area contributed by atoms with E-state index in [4.69, 9.17) is 11.6 Å². The first-order valence-corrected chi connectivity index (χ1v) is 4.11. The second-order valence-corrected chi connectivity index (χ2v) is 2.94. The highest BCUT2D eigenvalue weighted by molar-refractivity contribution is 6.30. The van der Waals surface area contributed by atoms with Gasteiger partial charge in [-0.25, -0.2) is 5.10 Å². The Bertz CT molecular complexity index is 385. The highest BCUT2D eigenvalue weighted by atomic mass is 35.5. The molecule has 0 saturated carbocycles. The molecule has 0 aliphatic carbocycles. The summed E-state index contributed by atoms with van der Waals surface area (Å²) in [7, 11) is 0. The van der Waals surface area contributed by atoms with Crippen LogP contribution in [0.4, 0.5) is 11.5 Å². The second kappa shape index (κ2) is 3.45. The van der Waals surface area contributed by atoms with Crippen LogP contribution in [-0.2, 0) is 0 Å². The highest BCUT2D eigenvalue weighted by Gasteiger charge is 1.95. The fourth-order valence-electron chi connectivity index (χ4n) is 0.980. The van der Waals surface area contributed by atoms with Gasteiger partial charge in [0, 0.05) is 10.7 Å². The summed E-state index contributed by atoms with van der Waals surface area (Å²) in [6, 6.07) is 7.42. The monoisotopic (exact) mass is 194 g/mol. The molecule has 0 unspecified atom stereocenters. The summed E-state index contributed by atoms with van der Waals surface area (Å²) in [5.41, 5.74) is 0.901. The van der Waals surface area contributed by atoms with E-state index in [1.165, 1.54) is 0 Å². The smallest absolute Gasteiger partial charge is 0.146 e. The third-order valence-corrected chi connectivity index (χ3v) is 1.75. The number of hydrogen-bond acceptors (Lipinski definition) is 3. The van der Waals surface area contributed by atoms with Gasteiger partial charge in [-0.15, -0.1) is 5.10 Å². The van der Waals surface area contributed by atoms with Crippen LogP contribution in [0.3, 0.4) is 0 Å². The summed E-state index contributed by atoms with van der Waals surface area (Å²) in [5.74, 6) is 0.738. The number of halogens is 1. The maximum Gasteiger partial charge on any atom is 0.146 e. The second-order valence-electron chi connectivity index (χ2n) is 2.51. The number of anilines is 2. The lowest BCUT2D eigenvalue weighted by molar-refractivity contribution is 0.942.